The third-order valence-corrected chi connectivity index (χ3v) is 3.91. The summed E-state index contributed by atoms with van der Waals surface area (Å²) in [5.41, 5.74) is 8.63. The first kappa shape index (κ1) is 15.0. The Bertz CT molecular complexity index is 599. The van der Waals surface area contributed by atoms with Gasteiger partial charge in [0.1, 0.15) is 5.82 Å². The minimum absolute atomic E-state index is 0.00257. The summed E-state index contributed by atoms with van der Waals surface area (Å²) in [5.74, 6) is -0.178. The molecular formula is C16H18BrFN2. The van der Waals surface area contributed by atoms with Gasteiger partial charge in [-0.15, -0.1) is 0 Å². The molecule has 0 fully saturated rings. The molecule has 20 heavy (non-hydrogen) atoms. The van der Waals surface area contributed by atoms with Gasteiger partial charge < -0.3 is 10.6 Å². The lowest BCUT2D eigenvalue weighted by Crippen LogP contribution is -2.18. The second kappa shape index (κ2) is 6.37. The van der Waals surface area contributed by atoms with Crippen molar-refractivity contribution in [1.82, 2.24) is 0 Å². The second-order valence-electron chi connectivity index (χ2n) is 4.95. The summed E-state index contributed by atoms with van der Waals surface area (Å²) >= 11 is 3.56. The molecule has 0 unspecified atom stereocenters. The van der Waals surface area contributed by atoms with E-state index in [0.29, 0.717) is 12.1 Å². The average Bonchev–Trinajstić information content (AvgIpc) is 2.41. The van der Waals surface area contributed by atoms with Crippen LogP contribution in [0.5, 0.6) is 0 Å². The number of rotatable bonds is 4. The summed E-state index contributed by atoms with van der Waals surface area (Å²) in [6.07, 6.45) is 0. The summed E-state index contributed by atoms with van der Waals surface area (Å²) < 4.78 is 14.6. The minimum Gasteiger partial charge on any atom is -0.369 e. The highest BCUT2D eigenvalue weighted by Gasteiger charge is 2.10. The Kier molecular flexibility index (Phi) is 4.78. The number of halogens is 2. The van der Waals surface area contributed by atoms with Crippen LogP contribution in [0.15, 0.2) is 46.9 Å². The van der Waals surface area contributed by atoms with Crippen LogP contribution in [0.3, 0.4) is 0 Å². The van der Waals surface area contributed by atoms with Crippen molar-refractivity contribution in [2.45, 2.75) is 19.5 Å². The lowest BCUT2D eigenvalue weighted by Gasteiger charge is -2.22. The molecular weight excluding hydrogens is 319 g/mol. The van der Waals surface area contributed by atoms with Crippen molar-refractivity contribution in [3.63, 3.8) is 0 Å². The summed E-state index contributed by atoms with van der Waals surface area (Å²) in [5, 5.41) is 0. The van der Waals surface area contributed by atoms with Gasteiger partial charge in [-0.05, 0) is 46.6 Å². The van der Waals surface area contributed by atoms with E-state index >= 15 is 0 Å². The van der Waals surface area contributed by atoms with E-state index < -0.39 is 0 Å². The van der Waals surface area contributed by atoms with E-state index in [2.05, 4.69) is 15.9 Å². The molecule has 2 aromatic rings. The molecule has 2 nitrogen and oxygen atoms in total. The smallest absolute Gasteiger partial charge is 0.128 e. The molecule has 0 saturated heterocycles. The Labute approximate surface area is 127 Å². The van der Waals surface area contributed by atoms with Crippen LogP contribution < -0.4 is 10.6 Å². The van der Waals surface area contributed by atoms with E-state index in [1.165, 1.54) is 6.07 Å². The van der Waals surface area contributed by atoms with Crippen molar-refractivity contribution < 1.29 is 4.39 Å². The number of hydrogen-bond donors (Lipinski definition) is 1. The Balaban J connectivity index is 2.21. The van der Waals surface area contributed by atoms with E-state index in [1.807, 2.05) is 43.1 Å². The second-order valence-corrected chi connectivity index (χ2v) is 5.80. The van der Waals surface area contributed by atoms with Crippen molar-refractivity contribution >= 4 is 21.6 Å². The van der Waals surface area contributed by atoms with Gasteiger partial charge in [-0.1, -0.05) is 24.3 Å². The quantitative estimate of drug-likeness (QED) is 0.904. The van der Waals surface area contributed by atoms with Crippen LogP contribution in [0.1, 0.15) is 24.1 Å². The average molecular weight is 337 g/mol. The fraction of sp³-hybridized carbons (Fsp3) is 0.250. The monoisotopic (exact) mass is 336 g/mol. The Hall–Kier alpha value is -1.39. The molecule has 0 amide bonds. The van der Waals surface area contributed by atoms with Crippen LogP contribution in [0.25, 0.3) is 0 Å². The van der Waals surface area contributed by atoms with Gasteiger partial charge in [-0.3, -0.25) is 0 Å². The summed E-state index contributed by atoms with van der Waals surface area (Å²) in [6, 6.07) is 12.8. The van der Waals surface area contributed by atoms with Crippen LogP contribution >= 0.6 is 15.9 Å². The fourth-order valence-corrected chi connectivity index (χ4v) is 2.78. The molecule has 0 bridgehead atoms. The van der Waals surface area contributed by atoms with Crippen molar-refractivity contribution in [3.8, 4) is 0 Å². The van der Waals surface area contributed by atoms with E-state index in [1.54, 1.807) is 12.1 Å². The van der Waals surface area contributed by atoms with Gasteiger partial charge in [0.05, 0.1) is 5.69 Å². The van der Waals surface area contributed by atoms with Crippen LogP contribution in [-0.4, -0.2) is 7.05 Å². The molecule has 2 N–H and O–H groups in total. The zero-order valence-corrected chi connectivity index (χ0v) is 13.2. The van der Waals surface area contributed by atoms with Crippen LogP contribution in [0, 0.1) is 5.82 Å². The zero-order chi connectivity index (χ0) is 14.7. The molecule has 0 aromatic heterocycles. The maximum Gasteiger partial charge on any atom is 0.128 e. The molecule has 0 heterocycles. The zero-order valence-electron chi connectivity index (χ0n) is 11.6. The highest BCUT2D eigenvalue weighted by molar-refractivity contribution is 9.10. The molecule has 0 aliphatic rings. The van der Waals surface area contributed by atoms with Gasteiger partial charge in [0, 0.05) is 29.7 Å². The van der Waals surface area contributed by atoms with Crippen LogP contribution in [-0.2, 0) is 6.54 Å². The largest absolute Gasteiger partial charge is 0.369 e. The van der Waals surface area contributed by atoms with Crippen molar-refractivity contribution in [2.75, 3.05) is 11.9 Å². The Morgan fingerprint density at radius 2 is 1.95 bits per heavy atom. The summed E-state index contributed by atoms with van der Waals surface area (Å²) in [6.45, 7) is 2.47. The number of nitrogens with two attached hydrogens (primary N) is 1. The SMILES string of the molecule is C[C@H](N)c1ccc(N(C)Cc2ccccc2F)c(Br)c1. The van der Waals surface area contributed by atoms with Gasteiger partial charge in [0.2, 0.25) is 0 Å². The molecule has 0 aliphatic carbocycles. The molecule has 106 valence electrons. The normalized spacial score (nSPS) is 12.2. The van der Waals surface area contributed by atoms with Gasteiger partial charge >= 0.3 is 0 Å². The highest BCUT2D eigenvalue weighted by atomic mass is 79.9. The number of benzene rings is 2. The van der Waals surface area contributed by atoms with E-state index in [0.717, 1.165) is 15.7 Å². The molecule has 4 heteroatoms. The third-order valence-electron chi connectivity index (χ3n) is 3.27. The molecule has 0 aliphatic heterocycles. The maximum atomic E-state index is 13.7. The lowest BCUT2D eigenvalue weighted by molar-refractivity contribution is 0.608. The predicted octanol–water partition coefficient (Wildman–Crippen LogP) is 4.24. The van der Waals surface area contributed by atoms with Gasteiger partial charge in [-0.2, -0.15) is 0 Å². The molecule has 1 atom stereocenters. The van der Waals surface area contributed by atoms with Crippen molar-refractivity contribution in [1.29, 1.82) is 0 Å². The topological polar surface area (TPSA) is 29.3 Å². The number of nitrogens with zero attached hydrogens (tertiary/aromatic N) is 1. The van der Waals surface area contributed by atoms with Crippen LogP contribution in [0.2, 0.25) is 0 Å². The van der Waals surface area contributed by atoms with Crippen molar-refractivity contribution in [2.24, 2.45) is 5.73 Å². The molecule has 2 aromatic carbocycles. The number of anilines is 1. The van der Waals surface area contributed by atoms with E-state index in [4.69, 9.17) is 5.73 Å². The van der Waals surface area contributed by atoms with Crippen LogP contribution in [0.4, 0.5) is 10.1 Å². The van der Waals surface area contributed by atoms with E-state index in [-0.39, 0.29) is 11.9 Å². The van der Waals surface area contributed by atoms with E-state index in [9.17, 15) is 4.39 Å². The van der Waals surface area contributed by atoms with Gasteiger partial charge in [-0.25, -0.2) is 4.39 Å². The summed E-state index contributed by atoms with van der Waals surface area (Å²) in [7, 11) is 1.94. The molecule has 0 saturated carbocycles. The first-order valence-electron chi connectivity index (χ1n) is 6.48. The first-order valence-corrected chi connectivity index (χ1v) is 7.28. The predicted molar refractivity (Wildman–Crippen MR) is 85.3 cm³/mol. The fourth-order valence-electron chi connectivity index (χ4n) is 2.08. The Morgan fingerprint density at radius 1 is 1.25 bits per heavy atom. The number of hydrogen-bond acceptors (Lipinski definition) is 2. The third kappa shape index (κ3) is 3.38. The minimum atomic E-state index is -0.178. The van der Waals surface area contributed by atoms with Gasteiger partial charge in [0.25, 0.3) is 0 Å². The van der Waals surface area contributed by atoms with Gasteiger partial charge in [0.15, 0.2) is 0 Å². The molecule has 0 radical (unpaired) electrons. The molecule has 2 rings (SSSR count). The summed E-state index contributed by atoms with van der Waals surface area (Å²) in [4.78, 5) is 2.01. The Morgan fingerprint density at radius 3 is 2.55 bits per heavy atom. The maximum absolute atomic E-state index is 13.7. The van der Waals surface area contributed by atoms with Crippen molar-refractivity contribution in [3.05, 3.63) is 63.9 Å². The lowest BCUT2D eigenvalue weighted by atomic mass is 10.1. The first-order chi connectivity index (χ1) is 9.49. The standard InChI is InChI=1S/C16H18BrFN2/c1-11(19)12-7-8-16(14(17)9-12)20(2)10-13-5-3-4-6-15(13)18/h3-9,11H,10,19H2,1-2H3/t11-/m0/s1. The molecule has 0 spiro atoms. The highest BCUT2D eigenvalue weighted by Crippen LogP contribution is 2.29.